The summed E-state index contributed by atoms with van der Waals surface area (Å²) in [5.74, 6) is -25.1. The molecule has 1 radical (unpaired) electrons. The molecule has 0 aliphatic heterocycles. The van der Waals surface area contributed by atoms with Gasteiger partial charge in [-0.25, -0.2) is 48.3 Å². The molecule has 1 nitrogen and oxygen atoms in total. The second-order valence-electron chi connectivity index (χ2n) is 12.7. The van der Waals surface area contributed by atoms with Crippen LogP contribution in [-0.2, 0) is 0 Å². The Morgan fingerprint density at radius 3 is 1.65 bits per heavy atom. The highest BCUT2D eigenvalue weighted by Crippen LogP contribution is 2.50. The zero-order valence-corrected chi connectivity index (χ0v) is 27.7. The third-order valence-electron chi connectivity index (χ3n) is 9.16. The van der Waals surface area contributed by atoms with Gasteiger partial charge in [0.05, 0.1) is 21.7 Å². The minimum absolute atomic E-state index is 0.147. The van der Waals surface area contributed by atoms with Crippen molar-refractivity contribution in [2.75, 3.05) is 0 Å². The fourth-order valence-electron chi connectivity index (χ4n) is 7.12. The summed E-state index contributed by atoms with van der Waals surface area (Å²) in [4.78, 5) is 0. The van der Waals surface area contributed by atoms with Gasteiger partial charge >= 0.3 is 0 Å². The third-order valence-corrected chi connectivity index (χ3v) is 15.1. The molecule has 0 N–H and O–H groups in total. The van der Waals surface area contributed by atoms with E-state index in [-0.39, 0.29) is 28.8 Å². The Bertz CT molecular complexity index is 2090. The smallest absolute Gasteiger partial charge is 0.259 e. The van der Waals surface area contributed by atoms with E-state index in [0.717, 1.165) is 0 Å². The second-order valence-corrected chi connectivity index (χ2v) is 18.1. The summed E-state index contributed by atoms with van der Waals surface area (Å²) in [6.07, 6.45) is -0.474. The maximum atomic E-state index is 16.4. The van der Waals surface area contributed by atoms with Crippen LogP contribution >= 0.6 is 0 Å². The highest BCUT2D eigenvalue weighted by Gasteiger charge is 2.48. The lowest BCUT2D eigenvalue weighted by Gasteiger charge is -2.42. The molecule has 0 aromatic heterocycles. The average molecular weight is 720 g/mol. The standard InChI is InChI=1S/C35H27F12OSi/c1-12(2)49(13(3)4,14(5)6)48-35-33(46)26-25(32(45)34(35)47)29(42)24(30(43)31(26)44)18-11-21(39)23-17(9-15(36)10-20(23)38)22(18)16-7-8-19(37)28(41)27(16)40/h8-14H,7H2,1-6H3. The molecule has 0 amide bonds. The van der Waals surface area contributed by atoms with Crippen LogP contribution < -0.4 is 4.43 Å². The van der Waals surface area contributed by atoms with Gasteiger partial charge in [0.15, 0.2) is 40.7 Å². The van der Waals surface area contributed by atoms with Gasteiger partial charge in [0.2, 0.25) is 5.82 Å². The van der Waals surface area contributed by atoms with Crippen molar-refractivity contribution in [1.29, 1.82) is 0 Å². The molecule has 4 aromatic rings. The van der Waals surface area contributed by atoms with Crippen molar-refractivity contribution in [2.24, 2.45) is 0 Å². The normalized spacial score (nSPS) is 14.6. The molecular weight excluding hydrogens is 692 g/mol. The highest BCUT2D eigenvalue weighted by atomic mass is 28.4. The predicted octanol–water partition coefficient (Wildman–Crippen LogP) is 12.9. The number of allylic oxidation sites excluding steroid dienone is 4. The van der Waals surface area contributed by atoms with Crippen LogP contribution in [0.3, 0.4) is 0 Å². The maximum absolute atomic E-state index is 16.4. The van der Waals surface area contributed by atoms with Crippen LogP contribution in [-0.4, -0.2) is 8.32 Å². The Kier molecular flexibility index (Phi) is 9.45. The van der Waals surface area contributed by atoms with Crippen LogP contribution in [0.4, 0.5) is 52.7 Å². The van der Waals surface area contributed by atoms with Gasteiger partial charge in [-0.3, -0.25) is 0 Å². The van der Waals surface area contributed by atoms with Gasteiger partial charge in [0, 0.05) is 18.1 Å². The van der Waals surface area contributed by atoms with Crippen molar-refractivity contribution in [2.45, 2.75) is 64.6 Å². The molecule has 0 bridgehead atoms. The molecule has 0 unspecified atom stereocenters. The number of halogens is 12. The summed E-state index contributed by atoms with van der Waals surface area (Å²) in [5.41, 5.74) is -6.09. The second kappa shape index (κ2) is 12.7. The van der Waals surface area contributed by atoms with Crippen LogP contribution in [0.15, 0.2) is 35.7 Å². The van der Waals surface area contributed by atoms with E-state index < -0.39 is 134 Å². The highest BCUT2D eigenvalue weighted by molar-refractivity contribution is 6.78. The topological polar surface area (TPSA) is 9.23 Å². The molecule has 1 aliphatic carbocycles. The zero-order chi connectivity index (χ0) is 36.6. The van der Waals surface area contributed by atoms with Gasteiger partial charge in [0.25, 0.3) is 8.32 Å². The number of hydrogen-bond acceptors (Lipinski definition) is 1. The first kappa shape index (κ1) is 36.3. The van der Waals surface area contributed by atoms with Gasteiger partial charge in [-0.05, 0) is 51.7 Å². The van der Waals surface area contributed by atoms with E-state index in [9.17, 15) is 17.6 Å². The predicted molar refractivity (Wildman–Crippen MR) is 164 cm³/mol. The van der Waals surface area contributed by atoms with Gasteiger partial charge in [-0.1, -0.05) is 41.5 Å². The van der Waals surface area contributed by atoms with E-state index in [1.54, 1.807) is 41.5 Å². The van der Waals surface area contributed by atoms with Crippen molar-refractivity contribution in [3.63, 3.8) is 0 Å². The first-order chi connectivity index (χ1) is 22.8. The Labute approximate surface area is 274 Å². The van der Waals surface area contributed by atoms with Crippen LogP contribution in [0.1, 0.15) is 53.5 Å². The van der Waals surface area contributed by atoms with E-state index in [4.69, 9.17) is 4.43 Å². The van der Waals surface area contributed by atoms with Gasteiger partial charge in [0.1, 0.15) is 29.1 Å². The van der Waals surface area contributed by atoms with Crippen molar-refractivity contribution in [1.82, 2.24) is 0 Å². The molecule has 1 aliphatic rings. The van der Waals surface area contributed by atoms with Crippen LogP contribution in [0.2, 0.25) is 16.6 Å². The Balaban J connectivity index is 1.94. The van der Waals surface area contributed by atoms with E-state index in [0.29, 0.717) is 12.5 Å². The molecule has 0 saturated heterocycles. The van der Waals surface area contributed by atoms with Crippen molar-refractivity contribution in [3.8, 4) is 16.9 Å². The van der Waals surface area contributed by atoms with E-state index >= 15 is 35.1 Å². The molecule has 0 fully saturated rings. The summed E-state index contributed by atoms with van der Waals surface area (Å²) in [6.45, 7) is 10.3. The van der Waals surface area contributed by atoms with Crippen LogP contribution in [0.5, 0.6) is 5.75 Å². The van der Waals surface area contributed by atoms with E-state index in [2.05, 4.69) is 0 Å². The molecule has 5 rings (SSSR count). The average Bonchev–Trinajstić information content (AvgIpc) is 3.00. The molecule has 0 heterocycles. The number of fused-ring (bicyclic) bond motifs is 2. The summed E-state index contributed by atoms with van der Waals surface area (Å²) >= 11 is 0. The lowest BCUT2D eigenvalue weighted by molar-refractivity contribution is 0.397. The van der Waals surface area contributed by atoms with Gasteiger partial charge in [-0.2, -0.15) is 4.39 Å². The SMILES string of the molecule is CC(C)[Si](Oc1c(F)c(F)c2c(F)c(-c3cc(F)c4c(F)cc(F)cc4c3C3=C(F)C(F)=C(F)[CH]C3)c(F)c(F)c2c1F)(C(C)C)C(C)C. The van der Waals surface area contributed by atoms with Crippen molar-refractivity contribution >= 4 is 35.4 Å². The molecule has 261 valence electrons. The summed E-state index contributed by atoms with van der Waals surface area (Å²) in [5, 5.41) is -5.55. The van der Waals surface area contributed by atoms with Crippen molar-refractivity contribution < 1.29 is 57.1 Å². The Hall–Kier alpha value is -3.94. The monoisotopic (exact) mass is 719 g/mol. The van der Waals surface area contributed by atoms with Gasteiger partial charge in [-0.15, -0.1) is 0 Å². The quantitative estimate of drug-likeness (QED) is 0.105. The zero-order valence-electron chi connectivity index (χ0n) is 26.7. The summed E-state index contributed by atoms with van der Waals surface area (Å²) in [7, 11) is -3.30. The summed E-state index contributed by atoms with van der Waals surface area (Å²) in [6, 6.07) is 0.742. The first-order valence-electron chi connectivity index (χ1n) is 15.0. The molecular formula is C35H27F12OSi. The molecule has 49 heavy (non-hydrogen) atoms. The molecule has 0 atom stereocenters. The molecule has 0 saturated carbocycles. The minimum Gasteiger partial charge on any atom is -0.539 e. The Morgan fingerprint density at radius 1 is 0.551 bits per heavy atom. The first-order valence-corrected chi connectivity index (χ1v) is 17.2. The minimum atomic E-state index is -3.30. The van der Waals surface area contributed by atoms with E-state index in [1.807, 2.05) is 0 Å². The largest absolute Gasteiger partial charge is 0.539 e. The number of rotatable bonds is 7. The summed E-state index contributed by atoms with van der Waals surface area (Å²) < 4.78 is 190. The molecule has 4 aromatic carbocycles. The van der Waals surface area contributed by atoms with Crippen LogP contribution in [0.25, 0.3) is 38.2 Å². The van der Waals surface area contributed by atoms with Crippen LogP contribution in [0, 0.1) is 58.8 Å². The molecule has 0 spiro atoms. The fraction of sp³-hybridized carbons (Fsp3) is 0.286. The number of hydrogen-bond donors (Lipinski definition) is 0. The lowest BCUT2D eigenvalue weighted by Crippen LogP contribution is -2.51. The Morgan fingerprint density at radius 2 is 1.08 bits per heavy atom. The third kappa shape index (κ3) is 5.41. The number of benzene rings is 4. The van der Waals surface area contributed by atoms with Gasteiger partial charge < -0.3 is 4.43 Å². The maximum Gasteiger partial charge on any atom is 0.259 e. The van der Waals surface area contributed by atoms with Crippen molar-refractivity contribution in [3.05, 3.63) is 100 Å². The van der Waals surface area contributed by atoms with E-state index in [1.165, 1.54) is 0 Å². The molecule has 14 heteroatoms. The lowest BCUT2D eigenvalue weighted by atomic mass is 9.84. The fourth-order valence-corrected chi connectivity index (χ4v) is 12.4.